The van der Waals surface area contributed by atoms with Crippen molar-refractivity contribution in [2.24, 2.45) is 5.11 Å². The number of thiol groups is 1. The van der Waals surface area contributed by atoms with Crippen LogP contribution in [0.1, 0.15) is 10.4 Å². The summed E-state index contributed by atoms with van der Waals surface area (Å²) >= 11 is 3.98. The number of hydrogen-bond donors (Lipinski definition) is 2. The minimum atomic E-state index is -1.04. The normalized spacial score (nSPS) is 9.91. The van der Waals surface area contributed by atoms with Crippen LogP contribution < -0.4 is 5.32 Å². The summed E-state index contributed by atoms with van der Waals surface area (Å²) in [5.74, 6) is -2.55. The van der Waals surface area contributed by atoms with Crippen LogP contribution in [-0.4, -0.2) is 13.1 Å². The average molecular weight is 336 g/mol. The third kappa shape index (κ3) is 3.36. The van der Waals surface area contributed by atoms with Crippen molar-refractivity contribution in [1.29, 1.82) is 0 Å². The minimum Gasteiger partial charge on any atom is -0.465 e. The van der Waals surface area contributed by atoms with E-state index in [1.807, 2.05) is 0 Å². The van der Waals surface area contributed by atoms with Gasteiger partial charge in [0, 0.05) is 9.81 Å². The van der Waals surface area contributed by atoms with E-state index in [1.165, 1.54) is 30.3 Å². The molecule has 23 heavy (non-hydrogen) atoms. The average Bonchev–Trinajstić information content (AvgIpc) is 2.54. The van der Waals surface area contributed by atoms with E-state index in [4.69, 9.17) is 5.53 Å². The highest BCUT2D eigenvalue weighted by atomic mass is 32.1. The van der Waals surface area contributed by atoms with E-state index in [-0.39, 0.29) is 21.8 Å². The number of para-hydroxylation sites is 1. The molecule has 0 saturated heterocycles. The van der Waals surface area contributed by atoms with Crippen molar-refractivity contribution in [2.75, 3.05) is 12.4 Å². The zero-order chi connectivity index (χ0) is 17.0. The Morgan fingerprint density at radius 1 is 1.39 bits per heavy atom. The summed E-state index contributed by atoms with van der Waals surface area (Å²) in [6, 6.07) is 6.69. The standard InChI is InChI=1S/C14H10F2N4O2S/c1-22-14(21)7-6-10(23)13(19-20-17)11(16)12(7)18-9-5-3-2-4-8(9)15/h2-6,18,23H,1H3. The molecule has 0 saturated carbocycles. The summed E-state index contributed by atoms with van der Waals surface area (Å²) in [5.41, 5.74) is 7.44. The number of anilines is 2. The zero-order valence-electron chi connectivity index (χ0n) is 11.7. The fourth-order valence-corrected chi connectivity index (χ4v) is 2.13. The summed E-state index contributed by atoms with van der Waals surface area (Å²) in [6.07, 6.45) is 0. The van der Waals surface area contributed by atoms with Crippen LogP contribution >= 0.6 is 12.6 Å². The fraction of sp³-hybridized carbons (Fsp3) is 0.0714. The van der Waals surface area contributed by atoms with Crippen molar-refractivity contribution < 1.29 is 18.3 Å². The van der Waals surface area contributed by atoms with Crippen molar-refractivity contribution in [3.63, 3.8) is 0 Å². The van der Waals surface area contributed by atoms with Gasteiger partial charge in [0.1, 0.15) is 5.82 Å². The topological polar surface area (TPSA) is 87.1 Å². The van der Waals surface area contributed by atoms with E-state index >= 15 is 0 Å². The fourth-order valence-electron chi connectivity index (χ4n) is 1.86. The molecule has 118 valence electrons. The van der Waals surface area contributed by atoms with Crippen LogP contribution in [0.25, 0.3) is 10.4 Å². The van der Waals surface area contributed by atoms with Crippen molar-refractivity contribution in [3.05, 3.63) is 58.0 Å². The lowest BCUT2D eigenvalue weighted by molar-refractivity contribution is 0.0601. The van der Waals surface area contributed by atoms with Crippen LogP contribution in [0.15, 0.2) is 40.3 Å². The predicted octanol–water partition coefficient (Wildman–Crippen LogP) is 4.73. The Morgan fingerprint density at radius 2 is 2.09 bits per heavy atom. The number of esters is 1. The zero-order valence-corrected chi connectivity index (χ0v) is 12.6. The Kier molecular flexibility index (Phi) is 5.05. The van der Waals surface area contributed by atoms with Crippen molar-refractivity contribution in [2.45, 2.75) is 4.90 Å². The van der Waals surface area contributed by atoms with Gasteiger partial charge in [-0.2, -0.15) is 0 Å². The van der Waals surface area contributed by atoms with Crippen LogP contribution in [0.2, 0.25) is 0 Å². The van der Waals surface area contributed by atoms with Gasteiger partial charge in [0.2, 0.25) is 0 Å². The number of rotatable bonds is 4. The number of halogens is 2. The Labute approximate surface area is 135 Å². The van der Waals surface area contributed by atoms with Crippen LogP contribution in [0.3, 0.4) is 0 Å². The second-order valence-corrected chi connectivity index (χ2v) is 4.75. The van der Waals surface area contributed by atoms with Gasteiger partial charge in [-0.1, -0.05) is 17.2 Å². The number of carbonyl (C=O) groups excluding carboxylic acids is 1. The van der Waals surface area contributed by atoms with Gasteiger partial charge in [0.05, 0.1) is 29.7 Å². The molecule has 2 aromatic rings. The van der Waals surface area contributed by atoms with Crippen LogP contribution in [0, 0.1) is 11.6 Å². The van der Waals surface area contributed by atoms with E-state index in [0.717, 1.165) is 7.11 Å². The molecule has 0 unspecified atom stereocenters. The number of carbonyl (C=O) groups is 1. The van der Waals surface area contributed by atoms with E-state index in [2.05, 4.69) is 32.7 Å². The molecule has 0 aromatic heterocycles. The van der Waals surface area contributed by atoms with Gasteiger partial charge in [0.15, 0.2) is 5.82 Å². The molecule has 0 aliphatic rings. The first-order valence-corrected chi connectivity index (χ1v) is 6.64. The molecule has 0 spiro atoms. The number of nitrogens with zero attached hydrogens (tertiary/aromatic N) is 3. The van der Waals surface area contributed by atoms with Crippen molar-refractivity contribution in [3.8, 4) is 0 Å². The summed E-state index contributed by atoms with van der Waals surface area (Å²) in [6.45, 7) is 0. The van der Waals surface area contributed by atoms with Gasteiger partial charge >= 0.3 is 5.97 Å². The van der Waals surface area contributed by atoms with Gasteiger partial charge in [-0.3, -0.25) is 0 Å². The Bertz CT molecular complexity index is 823. The lowest BCUT2D eigenvalue weighted by Gasteiger charge is -2.15. The summed E-state index contributed by atoms with van der Waals surface area (Å²) in [7, 11) is 1.12. The van der Waals surface area contributed by atoms with Crippen LogP contribution in [0.5, 0.6) is 0 Å². The maximum atomic E-state index is 14.6. The first-order chi connectivity index (χ1) is 11.0. The first-order valence-electron chi connectivity index (χ1n) is 6.20. The molecule has 2 aromatic carbocycles. The van der Waals surface area contributed by atoms with Gasteiger partial charge in [0.25, 0.3) is 0 Å². The summed E-state index contributed by atoms with van der Waals surface area (Å²) < 4.78 is 32.9. The molecule has 0 atom stereocenters. The third-order valence-corrected chi connectivity index (χ3v) is 3.24. The molecule has 0 heterocycles. The highest BCUT2D eigenvalue weighted by molar-refractivity contribution is 7.80. The third-order valence-electron chi connectivity index (χ3n) is 2.90. The number of ether oxygens (including phenoxy) is 1. The molecule has 0 radical (unpaired) electrons. The molecular weight excluding hydrogens is 326 g/mol. The molecule has 1 N–H and O–H groups in total. The molecular formula is C14H10F2N4O2S. The van der Waals surface area contributed by atoms with Gasteiger partial charge in [-0.05, 0) is 23.7 Å². The minimum absolute atomic E-state index is 0.0558. The highest BCUT2D eigenvalue weighted by Crippen LogP contribution is 2.37. The molecule has 0 fully saturated rings. The van der Waals surface area contributed by atoms with Crippen molar-refractivity contribution >= 4 is 35.7 Å². The molecule has 0 bridgehead atoms. The molecule has 0 aliphatic heterocycles. The maximum absolute atomic E-state index is 14.6. The molecule has 0 amide bonds. The smallest absolute Gasteiger partial charge is 0.340 e. The van der Waals surface area contributed by atoms with E-state index < -0.39 is 23.3 Å². The van der Waals surface area contributed by atoms with E-state index in [9.17, 15) is 13.6 Å². The van der Waals surface area contributed by atoms with Gasteiger partial charge < -0.3 is 10.1 Å². The number of hydrogen-bond acceptors (Lipinski definition) is 5. The second kappa shape index (κ2) is 6.99. The maximum Gasteiger partial charge on any atom is 0.340 e. The van der Waals surface area contributed by atoms with Crippen LogP contribution in [-0.2, 0) is 4.74 Å². The van der Waals surface area contributed by atoms with Gasteiger partial charge in [-0.25, -0.2) is 13.6 Å². The molecule has 9 heteroatoms. The van der Waals surface area contributed by atoms with Crippen LogP contribution in [0.4, 0.5) is 25.8 Å². The number of azide groups is 1. The van der Waals surface area contributed by atoms with Gasteiger partial charge in [-0.15, -0.1) is 12.6 Å². The van der Waals surface area contributed by atoms with E-state index in [0.29, 0.717) is 0 Å². The lowest BCUT2D eigenvalue weighted by Crippen LogP contribution is -2.08. The lowest BCUT2D eigenvalue weighted by atomic mass is 10.1. The predicted molar refractivity (Wildman–Crippen MR) is 83.5 cm³/mol. The number of benzene rings is 2. The second-order valence-electron chi connectivity index (χ2n) is 4.27. The largest absolute Gasteiger partial charge is 0.465 e. The Balaban J connectivity index is 2.67. The SMILES string of the molecule is COC(=O)c1cc(S)c(N=[N+]=[N-])c(F)c1Nc1ccccc1F. The molecule has 2 rings (SSSR count). The highest BCUT2D eigenvalue weighted by Gasteiger charge is 2.22. The number of methoxy groups -OCH3 is 1. The summed E-state index contributed by atoms with van der Waals surface area (Å²) in [4.78, 5) is 14.3. The summed E-state index contributed by atoms with van der Waals surface area (Å²) in [5, 5.41) is 5.68. The molecule has 6 nitrogen and oxygen atoms in total. The Morgan fingerprint density at radius 3 is 2.70 bits per heavy atom. The van der Waals surface area contributed by atoms with E-state index in [1.54, 1.807) is 0 Å². The monoisotopic (exact) mass is 336 g/mol. The molecule has 0 aliphatic carbocycles. The van der Waals surface area contributed by atoms with Crippen molar-refractivity contribution in [1.82, 2.24) is 0 Å². The first kappa shape index (κ1) is 16.6. The number of nitrogens with one attached hydrogen (secondary N) is 1. The Hall–Kier alpha value is -2.77. The quantitative estimate of drug-likeness (QED) is 0.278.